The summed E-state index contributed by atoms with van der Waals surface area (Å²) in [5.41, 5.74) is 0. The first-order chi connectivity index (χ1) is 14.7. The van der Waals surface area contributed by atoms with Crippen LogP contribution in [0, 0.1) is 11.8 Å². The SMILES string of the molecule is O=C(CC[C@H]1CCCN(C(=O)C2CCCCC2)C1)N1CCN(c2ccccn2)CC1. The summed E-state index contributed by atoms with van der Waals surface area (Å²) in [5, 5.41) is 0. The molecule has 164 valence electrons. The van der Waals surface area contributed by atoms with Crippen LogP contribution in [-0.4, -0.2) is 65.9 Å². The van der Waals surface area contributed by atoms with Crippen molar-refractivity contribution in [3.8, 4) is 0 Å². The Bertz CT molecular complexity index is 696. The number of piperazine rings is 1. The van der Waals surface area contributed by atoms with Crippen LogP contribution < -0.4 is 4.90 Å². The second kappa shape index (κ2) is 10.3. The lowest BCUT2D eigenvalue weighted by molar-refractivity contribution is -0.138. The monoisotopic (exact) mass is 412 g/mol. The van der Waals surface area contributed by atoms with Crippen LogP contribution >= 0.6 is 0 Å². The molecule has 3 aliphatic rings. The molecule has 0 spiro atoms. The highest BCUT2D eigenvalue weighted by Gasteiger charge is 2.30. The predicted octanol–water partition coefficient (Wildman–Crippen LogP) is 3.33. The number of hydrogen-bond acceptors (Lipinski definition) is 4. The maximum atomic E-state index is 12.9. The topological polar surface area (TPSA) is 56.8 Å². The lowest BCUT2D eigenvalue weighted by Gasteiger charge is -2.37. The summed E-state index contributed by atoms with van der Waals surface area (Å²) in [6, 6.07) is 5.96. The first-order valence-corrected chi connectivity index (χ1v) is 11.9. The van der Waals surface area contributed by atoms with Crippen molar-refractivity contribution in [3.63, 3.8) is 0 Å². The molecule has 1 saturated carbocycles. The molecule has 3 heterocycles. The summed E-state index contributed by atoms with van der Waals surface area (Å²) in [6.07, 6.45) is 11.4. The molecule has 2 amide bonds. The van der Waals surface area contributed by atoms with Gasteiger partial charge in [-0.3, -0.25) is 9.59 Å². The van der Waals surface area contributed by atoms with E-state index in [1.54, 1.807) is 0 Å². The molecule has 2 aliphatic heterocycles. The molecule has 3 fully saturated rings. The molecule has 1 aromatic rings. The molecule has 2 saturated heterocycles. The molecule has 0 radical (unpaired) electrons. The number of aromatic nitrogens is 1. The van der Waals surface area contributed by atoms with E-state index in [1.807, 2.05) is 29.3 Å². The zero-order valence-electron chi connectivity index (χ0n) is 18.2. The molecular weight excluding hydrogens is 376 g/mol. The number of nitrogens with zero attached hydrogens (tertiary/aromatic N) is 4. The third-order valence-electron chi connectivity index (χ3n) is 7.16. The molecule has 30 heavy (non-hydrogen) atoms. The smallest absolute Gasteiger partial charge is 0.225 e. The van der Waals surface area contributed by atoms with Crippen LogP contribution in [0.1, 0.15) is 57.8 Å². The van der Waals surface area contributed by atoms with Crippen molar-refractivity contribution in [2.45, 2.75) is 57.8 Å². The van der Waals surface area contributed by atoms with E-state index >= 15 is 0 Å². The van der Waals surface area contributed by atoms with Gasteiger partial charge in [-0.15, -0.1) is 0 Å². The van der Waals surface area contributed by atoms with Gasteiger partial charge in [0.05, 0.1) is 0 Å². The lowest BCUT2D eigenvalue weighted by atomic mass is 9.86. The Morgan fingerprint density at radius 1 is 0.900 bits per heavy atom. The van der Waals surface area contributed by atoms with Gasteiger partial charge in [-0.25, -0.2) is 4.98 Å². The minimum Gasteiger partial charge on any atom is -0.353 e. The quantitative estimate of drug-likeness (QED) is 0.744. The van der Waals surface area contributed by atoms with Gasteiger partial charge in [-0.05, 0) is 50.2 Å². The Morgan fingerprint density at radius 3 is 2.43 bits per heavy atom. The predicted molar refractivity (Wildman–Crippen MR) is 118 cm³/mol. The Labute approximate surface area is 180 Å². The number of pyridine rings is 1. The molecule has 1 aliphatic carbocycles. The minimum absolute atomic E-state index is 0.259. The number of carbonyl (C=O) groups excluding carboxylic acids is 2. The van der Waals surface area contributed by atoms with E-state index in [9.17, 15) is 9.59 Å². The molecule has 0 N–H and O–H groups in total. The van der Waals surface area contributed by atoms with Gasteiger partial charge < -0.3 is 14.7 Å². The third kappa shape index (κ3) is 5.32. The van der Waals surface area contributed by atoms with Crippen LogP contribution in [0.5, 0.6) is 0 Å². The van der Waals surface area contributed by atoms with Gasteiger partial charge in [0.2, 0.25) is 11.8 Å². The second-order valence-corrected chi connectivity index (χ2v) is 9.22. The fourth-order valence-electron chi connectivity index (χ4n) is 5.32. The zero-order chi connectivity index (χ0) is 20.8. The van der Waals surface area contributed by atoms with E-state index in [-0.39, 0.29) is 11.8 Å². The molecule has 1 aromatic heterocycles. The fourth-order valence-corrected chi connectivity index (χ4v) is 5.32. The van der Waals surface area contributed by atoms with Crippen LogP contribution in [-0.2, 0) is 9.59 Å². The van der Waals surface area contributed by atoms with E-state index in [1.165, 1.54) is 19.3 Å². The van der Waals surface area contributed by atoms with E-state index in [0.717, 1.165) is 77.2 Å². The molecule has 0 unspecified atom stereocenters. The minimum atomic E-state index is 0.259. The number of carbonyl (C=O) groups is 2. The van der Waals surface area contributed by atoms with Gasteiger partial charge in [0.25, 0.3) is 0 Å². The number of amides is 2. The Kier molecular flexibility index (Phi) is 7.24. The molecule has 4 rings (SSSR count). The Hall–Kier alpha value is -2.11. The summed E-state index contributed by atoms with van der Waals surface area (Å²) in [6.45, 7) is 5.00. The summed E-state index contributed by atoms with van der Waals surface area (Å²) >= 11 is 0. The number of anilines is 1. The average Bonchev–Trinajstić information content (AvgIpc) is 2.83. The highest BCUT2D eigenvalue weighted by atomic mass is 16.2. The Morgan fingerprint density at radius 2 is 1.70 bits per heavy atom. The fraction of sp³-hybridized carbons (Fsp3) is 0.708. The van der Waals surface area contributed by atoms with Crippen molar-refractivity contribution < 1.29 is 9.59 Å². The zero-order valence-corrected chi connectivity index (χ0v) is 18.2. The van der Waals surface area contributed by atoms with Gasteiger partial charge >= 0.3 is 0 Å². The maximum absolute atomic E-state index is 12.9. The number of hydrogen-bond donors (Lipinski definition) is 0. The van der Waals surface area contributed by atoms with Crippen molar-refractivity contribution in [2.24, 2.45) is 11.8 Å². The van der Waals surface area contributed by atoms with E-state index in [2.05, 4.69) is 14.8 Å². The first kappa shape index (κ1) is 21.1. The molecular formula is C24H36N4O2. The normalized spacial score (nSPS) is 23.5. The molecule has 6 heteroatoms. The highest BCUT2D eigenvalue weighted by molar-refractivity contribution is 5.79. The highest BCUT2D eigenvalue weighted by Crippen LogP contribution is 2.28. The third-order valence-corrected chi connectivity index (χ3v) is 7.16. The van der Waals surface area contributed by atoms with Crippen LogP contribution in [0.4, 0.5) is 5.82 Å². The molecule has 6 nitrogen and oxygen atoms in total. The maximum Gasteiger partial charge on any atom is 0.225 e. The van der Waals surface area contributed by atoms with Gasteiger partial charge in [0.15, 0.2) is 0 Å². The molecule has 0 aromatic carbocycles. The van der Waals surface area contributed by atoms with Gasteiger partial charge in [-0.2, -0.15) is 0 Å². The van der Waals surface area contributed by atoms with Crippen LogP contribution in [0.25, 0.3) is 0 Å². The standard InChI is InChI=1S/C24H36N4O2/c29-23(27-17-15-26(16-18-27)22-10-4-5-13-25-22)12-11-20-7-6-14-28(19-20)24(30)21-8-2-1-3-9-21/h4-5,10,13,20-21H,1-3,6-9,11-12,14-19H2/t20-/m1/s1. The summed E-state index contributed by atoms with van der Waals surface area (Å²) in [5.74, 6) is 2.39. The number of rotatable bonds is 5. The van der Waals surface area contributed by atoms with Crippen LogP contribution in [0.3, 0.4) is 0 Å². The summed E-state index contributed by atoms with van der Waals surface area (Å²) < 4.78 is 0. The number of piperidine rings is 1. The average molecular weight is 413 g/mol. The van der Waals surface area contributed by atoms with Crippen molar-refractivity contribution >= 4 is 17.6 Å². The molecule has 0 bridgehead atoms. The van der Waals surface area contributed by atoms with Crippen LogP contribution in [0.2, 0.25) is 0 Å². The first-order valence-electron chi connectivity index (χ1n) is 11.9. The van der Waals surface area contributed by atoms with E-state index in [4.69, 9.17) is 0 Å². The van der Waals surface area contributed by atoms with Gasteiger partial charge in [0, 0.05) is 57.8 Å². The van der Waals surface area contributed by atoms with Gasteiger partial charge in [0.1, 0.15) is 5.82 Å². The lowest BCUT2D eigenvalue weighted by Crippen LogP contribution is -2.49. The Balaban J connectivity index is 1.20. The summed E-state index contributed by atoms with van der Waals surface area (Å²) in [4.78, 5) is 36.4. The van der Waals surface area contributed by atoms with E-state index in [0.29, 0.717) is 18.2 Å². The van der Waals surface area contributed by atoms with Crippen molar-refractivity contribution in [2.75, 3.05) is 44.2 Å². The largest absolute Gasteiger partial charge is 0.353 e. The van der Waals surface area contributed by atoms with E-state index < -0.39 is 0 Å². The number of likely N-dealkylation sites (tertiary alicyclic amines) is 1. The van der Waals surface area contributed by atoms with Crippen molar-refractivity contribution in [1.29, 1.82) is 0 Å². The van der Waals surface area contributed by atoms with Gasteiger partial charge in [-0.1, -0.05) is 25.3 Å². The molecule has 1 atom stereocenters. The van der Waals surface area contributed by atoms with Crippen LogP contribution in [0.15, 0.2) is 24.4 Å². The second-order valence-electron chi connectivity index (χ2n) is 9.22. The van der Waals surface area contributed by atoms with Crippen molar-refractivity contribution in [1.82, 2.24) is 14.8 Å². The van der Waals surface area contributed by atoms with Crippen molar-refractivity contribution in [3.05, 3.63) is 24.4 Å². The summed E-state index contributed by atoms with van der Waals surface area (Å²) in [7, 11) is 0.